The molecule has 3 rings (SSSR count). The number of aliphatic imine (C=N–C) groups is 1. The van der Waals surface area contributed by atoms with E-state index in [1.54, 1.807) is 14.2 Å². The lowest BCUT2D eigenvalue weighted by molar-refractivity contribution is 0.112. The molecule has 1 heterocycles. The van der Waals surface area contributed by atoms with Crippen molar-refractivity contribution in [3.8, 4) is 11.5 Å². The number of rotatable bonds is 8. The molecule has 1 aliphatic rings. The van der Waals surface area contributed by atoms with Gasteiger partial charge in [0.15, 0.2) is 17.5 Å². The number of aliphatic hydroxyl groups excluding tert-OH is 1. The Morgan fingerprint density at radius 3 is 2.63 bits per heavy atom. The first-order chi connectivity index (χ1) is 14.6. The summed E-state index contributed by atoms with van der Waals surface area (Å²) in [4.78, 5) is 6.85. The minimum absolute atomic E-state index is 0.320. The molecule has 1 atom stereocenters. The third kappa shape index (κ3) is 5.87. The second-order valence-electron chi connectivity index (χ2n) is 7.32. The molecule has 0 radical (unpaired) electrons. The zero-order valence-corrected chi connectivity index (χ0v) is 18.0. The van der Waals surface area contributed by atoms with E-state index in [9.17, 15) is 5.11 Å². The smallest absolute Gasteiger partial charge is 0.195 e. The maximum atomic E-state index is 10.5. The van der Waals surface area contributed by atoms with E-state index in [0.29, 0.717) is 30.5 Å². The Labute approximate surface area is 178 Å². The van der Waals surface area contributed by atoms with Crippen LogP contribution in [0.1, 0.15) is 18.1 Å². The summed E-state index contributed by atoms with van der Waals surface area (Å²) in [6, 6.07) is 14.1. The van der Waals surface area contributed by atoms with Crippen LogP contribution in [-0.4, -0.2) is 62.5 Å². The highest BCUT2D eigenvalue weighted by Crippen LogP contribution is 2.29. The van der Waals surface area contributed by atoms with Gasteiger partial charge in [0.2, 0.25) is 0 Å². The number of ether oxygens (including phenoxy) is 2. The third-order valence-corrected chi connectivity index (χ3v) is 5.13. The molecular formula is C23H32N4O3. The van der Waals surface area contributed by atoms with Gasteiger partial charge in [0.05, 0.1) is 26.9 Å². The number of guanidine groups is 1. The Bertz CT molecular complexity index is 856. The Hall–Kier alpha value is -2.77. The fourth-order valence-electron chi connectivity index (χ4n) is 3.62. The highest BCUT2D eigenvalue weighted by atomic mass is 16.5. The Morgan fingerprint density at radius 1 is 1.13 bits per heavy atom. The molecule has 2 aromatic carbocycles. The standard InChI is InChI=1S/C23H32N4O3/c1-4-24-23(26-19-9-10-21(29-2)22(13-19)30-3)25-14-20(28)16-27-12-11-17-7-5-6-8-18(17)15-27/h5-10,13,20,28H,4,11-12,14-16H2,1-3H3,(H2,24,25,26). The van der Waals surface area contributed by atoms with Crippen LogP contribution in [0.5, 0.6) is 11.5 Å². The van der Waals surface area contributed by atoms with Crippen molar-refractivity contribution in [2.75, 3.05) is 45.7 Å². The molecule has 0 aliphatic carbocycles. The Kier molecular flexibility index (Phi) is 7.93. The van der Waals surface area contributed by atoms with Gasteiger partial charge < -0.3 is 25.2 Å². The molecule has 0 aromatic heterocycles. The number of methoxy groups -OCH3 is 2. The van der Waals surface area contributed by atoms with Crippen LogP contribution < -0.4 is 20.1 Å². The van der Waals surface area contributed by atoms with Crippen molar-refractivity contribution >= 4 is 11.6 Å². The van der Waals surface area contributed by atoms with E-state index in [0.717, 1.165) is 31.7 Å². The summed E-state index contributed by atoms with van der Waals surface area (Å²) < 4.78 is 10.6. The van der Waals surface area contributed by atoms with Crippen molar-refractivity contribution in [2.24, 2.45) is 4.99 Å². The number of anilines is 1. The molecular weight excluding hydrogens is 380 g/mol. The minimum atomic E-state index is -0.531. The lowest BCUT2D eigenvalue weighted by Crippen LogP contribution is -2.38. The summed E-state index contributed by atoms with van der Waals surface area (Å²) >= 11 is 0. The number of β-amino-alcohol motifs (C(OH)–C–C–N with tert-alkyl or cyclic N) is 1. The number of hydrogen-bond donors (Lipinski definition) is 3. The summed E-state index contributed by atoms with van der Waals surface area (Å²) in [7, 11) is 3.22. The van der Waals surface area contributed by atoms with E-state index < -0.39 is 6.10 Å². The molecule has 162 valence electrons. The molecule has 7 nitrogen and oxygen atoms in total. The fourth-order valence-corrected chi connectivity index (χ4v) is 3.62. The summed E-state index contributed by atoms with van der Waals surface area (Å²) in [5, 5.41) is 17.0. The van der Waals surface area contributed by atoms with Crippen LogP contribution in [0.3, 0.4) is 0 Å². The third-order valence-electron chi connectivity index (χ3n) is 5.13. The van der Waals surface area contributed by atoms with Gasteiger partial charge in [-0.2, -0.15) is 0 Å². The van der Waals surface area contributed by atoms with Crippen molar-refractivity contribution in [3.05, 3.63) is 53.6 Å². The molecule has 1 unspecified atom stereocenters. The molecule has 7 heteroatoms. The quantitative estimate of drug-likeness (QED) is 0.457. The van der Waals surface area contributed by atoms with Gasteiger partial charge in [0.1, 0.15) is 0 Å². The molecule has 1 aliphatic heterocycles. The Morgan fingerprint density at radius 2 is 1.90 bits per heavy atom. The first kappa shape index (κ1) is 21.9. The van der Waals surface area contributed by atoms with Gasteiger partial charge in [-0.1, -0.05) is 24.3 Å². The minimum Gasteiger partial charge on any atom is -0.493 e. The first-order valence-electron chi connectivity index (χ1n) is 10.4. The predicted octanol–water partition coefficient (Wildman–Crippen LogP) is 2.50. The van der Waals surface area contributed by atoms with Gasteiger partial charge in [-0.25, -0.2) is 0 Å². The number of hydrogen-bond acceptors (Lipinski definition) is 5. The largest absolute Gasteiger partial charge is 0.493 e. The monoisotopic (exact) mass is 412 g/mol. The van der Waals surface area contributed by atoms with Gasteiger partial charge in [0.25, 0.3) is 0 Å². The lowest BCUT2D eigenvalue weighted by Gasteiger charge is -2.30. The van der Waals surface area contributed by atoms with E-state index in [1.165, 1.54) is 11.1 Å². The van der Waals surface area contributed by atoms with E-state index in [4.69, 9.17) is 9.47 Å². The van der Waals surface area contributed by atoms with Crippen molar-refractivity contribution < 1.29 is 14.6 Å². The zero-order chi connectivity index (χ0) is 21.3. The average molecular weight is 413 g/mol. The van der Waals surface area contributed by atoms with E-state index in [1.807, 2.05) is 25.1 Å². The maximum Gasteiger partial charge on any atom is 0.195 e. The average Bonchev–Trinajstić information content (AvgIpc) is 2.77. The van der Waals surface area contributed by atoms with Crippen LogP contribution in [0.15, 0.2) is 47.5 Å². The predicted molar refractivity (Wildman–Crippen MR) is 121 cm³/mol. The summed E-state index contributed by atoms with van der Waals surface area (Å²) in [5.41, 5.74) is 3.59. The van der Waals surface area contributed by atoms with E-state index >= 15 is 0 Å². The molecule has 0 saturated heterocycles. The summed E-state index contributed by atoms with van der Waals surface area (Å²) in [5.74, 6) is 1.93. The molecule has 0 amide bonds. The second kappa shape index (κ2) is 10.8. The van der Waals surface area contributed by atoms with E-state index in [-0.39, 0.29) is 0 Å². The van der Waals surface area contributed by atoms with Crippen molar-refractivity contribution in [1.29, 1.82) is 0 Å². The van der Waals surface area contributed by atoms with Gasteiger partial charge in [0, 0.05) is 37.9 Å². The molecule has 0 saturated carbocycles. The molecule has 0 fully saturated rings. The number of benzene rings is 2. The summed E-state index contributed by atoms with van der Waals surface area (Å²) in [6.45, 7) is 5.49. The SMILES string of the molecule is CCNC(=NCC(O)CN1CCc2ccccc2C1)Nc1ccc(OC)c(OC)c1. The Balaban J connectivity index is 1.58. The second-order valence-corrected chi connectivity index (χ2v) is 7.32. The van der Waals surface area contributed by atoms with Crippen molar-refractivity contribution in [3.63, 3.8) is 0 Å². The van der Waals surface area contributed by atoms with Gasteiger partial charge in [-0.3, -0.25) is 9.89 Å². The molecule has 2 aromatic rings. The van der Waals surface area contributed by atoms with Crippen LogP contribution in [0, 0.1) is 0 Å². The lowest BCUT2D eigenvalue weighted by atomic mass is 10.00. The van der Waals surface area contributed by atoms with Gasteiger partial charge >= 0.3 is 0 Å². The van der Waals surface area contributed by atoms with Crippen LogP contribution >= 0.6 is 0 Å². The normalized spacial score (nSPS) is 15.3. The van der Waals surface area contributed by atoms with E-state index in [2.05, 4.69) is 44.8 Å². The van der Waals surface area contributed by atoms with Gasteiger partial charge in [-0.15, -0.1) is 0 Å². The summed E-state index contributed by atoms with van der Waals surface area (Å²) in [6.07, 6.45) is 0.492. The molecule has 0 spiro atoms. The first-order valence-corrected chi connectivity index (χ1v) is 10.4. The highest BCUT2D eigenvalue weighted by molar-refractivity contribution is 5.93. The highest BCUT2D eigenvalue weighted by Gasteiger charge is 2.18. The van der Waals surface area contributed by atoms with Crippen LogP contribution in [-0.2, 0) is 13.0 Å². The number of fused-ring (bicyclic) bond motifs is 1. The maximum absolute atomic E-state index is 10.5. The molecule has 0 bridgehead atoms. The van der Waals surface area contributed by atoms with Crippen molar-refractivity contribution in [1.82, 2.24) is 10.2 Å². The van der Waals surface area contributed by atoms with Crippen LogP contribution in [0.4, 0.5) is 5.69 Å². The molecule has 3 N–H and O–H groups in total. The fraction of sp³-hybridized carbons (Fsp3) is 0.435. The molecule has 30 heavy (non-hydrogen) atoms. The number of aliphatic hydroxyl groups is 1. The number of nitrogens with one attached hydrogen (secondary N) is 2. The topological polar surface area (TPSA) is 78.4 Å². The van der Waals surface area contributed by atoms with Crippen LogP contribution in [0.2, 0.25) is 0 Å². The zero-order valence-electron chi connectivity index (χ0n) is 18.0. The van der Waals surface area contributed by atoms with Gasteiger partial charge in [-0.05, 0) is 36.6 Å². The van der Waals surface area contributed by atoms with Crippen LogP contribution in [0.25, 0.3) is 0 Å². The number of nitrogens with zero attached hydrogens (tertiary/aromatic N) is 2. The van der Waals surface area contributed by atoms with Crippen molar-refractivity contribution in [2.45, 2.75) is 26.0 Å².